The molecule has 0 bridgehead atoms. The van der Waals surface area contributed by atoms with Gasteiger partial charge in [-0.2, -0.15) is 0 Å². The molecule has 0 radical (unpaired) electrons. The highest BCUT2D eigenvalue weighted by Gasteiger charge is 2.15. The number of likely N-dealkylation sites (N-methyl/N-ethyl adjacent to an activating group) is 1. The summed E-state index contributed by atoms with van der Waals surface area (Å²) in [5.74, 6) is 0.763. The van der Waals surface area contributed by atoms with Crippen LogP contribution in [0.3, 0.4) is 0 Å². The molecule has 0 unspecified atom stereocenters. The molecule has 0 aliphatic heterocycles. The Kier molecular flexibility index (Phi) is 5.87. The molecule has 0 saturated heterocycles. The SMILES string of the molecule is Cc1ccc(OCCN(C)C(=O)c2ccc(-c3ccccc3)nc2C)cc1. The Hall–Kier alpha value is -3.14. The second kappa shape index (κ2) is 8.49. The number of aryl methyl sites for hydroxylation is 2. The van der Waals surface area contributed by atoms with E-state index in [0.29, 0.717) is 18.7 Å². The standard InChI is InChI=1S/C23H24N2O2/c1-17-9-11-20(12-10-17)27-16-15-25(3)23(26)21-13-14-22(24-18(21)2)19-7-5-4-6-8-19/h4-14H,15-16H2,1-3H3. The monoisotopic (exact) mass is 360 g/mol. The number of amides is 1. The number of nitrogens with zero attached hydrogens (tertiary/aromatic N) is 2. The highest BCUT2D eigenvalue weighted by molar-refractivity contribution is 5.95. The Bertz CT molecular complexity index is 905. The van der Waals surface area contributed by atoms with Crippen molar-refractivity contribution in [1.82, 2.24) is 9.88 Å². The number of rotatable bonds is 6. The molecule has 3 rings (SSSR count). The maximum absolute atomic E-state index is 12.7. The third-order valence-corrected chi connectivity index (χ3v) is 4.45. The van der Waals surface area contributed by atoms with Crippen LogP contribution >= 0.6 is 0 Å². The van der Waals surface area contributed by atoms with E-state index in [1.165, 1.54) is 5.56 Å². The quantitative estimate of drug-likeness (QED) is 0.649. The van der Waals surface area contributed by atoms with Gasteiger partial charge in [-0.25, -0.2) is 0 Å². The average Bonchev–Trinajstić information content (AvgIpc) is 2.69. The molecule has 4 nitrogen and oxygen atoms in total. The number of ether oxygens (including phenoxy) is 1. The van der Waals surface area contributed by atoms with Gasteiger partial charge in [0.15, 0.2) is 0 Å². The first-order valence-corrected chi connectivity index (χ1v) is 9.02. The molecule has 3 aromatic rings. The number of benzene rings is 2. The van der Waals surface area contributed by atoms with Crippen LogP contribution in [0.2, 0.25) is 0 Å². The molecule has 0 aliphatic rings. The van der Waals surface area contributed by atoms with E-state index in [9.17, 15) is 4.79 Å². The lowest BCUT2D eigenvalue weighted by Gasteiger charge is -2.18. The highest BCUT2D eigenvalue weighted by Crippen LogP contribution is 2.19. The number of hydrogen-bond donors (Lipinski definition) is 0. The minimum atomic E-state index is -0.0490. The van der Waals surface area contributed by atoms with Crippen LogP contribution in [0.25, 0.3) is 11.3 Å². The summed E-state index contributed by atoms with van der Waals surface area (Å²) in [5.41, 5.74) is 4.45. The van der Waals surface area contributed by atoms with Crippen molar-refractivity contribution in [3.05, 3.63) is 83.6 Å². The summed E-state index contributed by atoms with van der Waals surface area (Å²) in [4.78, 5) is 19.0. The van der Waals surface area contributed by atoms with E-state index >= 15 is 0 Å². The van der Waals surface area contributed by atoms with Gasteiger partial charge >= 0.3 is 0 Å². The van der Waals surface area contributed by atoms with Gasteiger partial charge < -0.3 is 9.64 Å². The Morgan fingerprint density at radius 3 is 2.33 bits per heavy atom. The van der Waals surface area contributed by atoms with Crippen LogP contribution in [0.5, 0.6) is 5.75 Å². The third-order valence-electron chi connectivity index (χ3n) is 4.45. The van der Waals surface area contributed by atoms with Crippen molar-refractivity contribution in [2.24, 2.45) is 0 Å². The van der Waals surface area contributed by atoms with Gasteiger partial charge in [0.1, 0.15) is 12.4 Å². The smallest absolute Gasteiger partial charge is 0.255 e. The van der Waals surface area contributed by atoms with Crippen LogP contribution in [0.15, 0.2) is 66.7 Å². The first-order chi connectivity index (χ1) is 13.0. The number of carbonyl (C=O) groups excluding carboxylic acids is 1. The second-order valence-electron chi connectivity index (χ2n) is 6.58. The topological polar surface area (TPSA) is 42.4 Å². The number of carbonyl (C=O) groups is 1. The summed E-state index contributed by atoms with van der Waals surface area (Å²) in [6, 6.07) is 21.6. The molecule has 0 spiro atoms. The van der Waals surface area contributed by atoms with E-state index in [2.05, 4.69) is 4.98 Å². The summed E-state index contributed by atoms with van der Waals surface area (Å²) in [5, 5.41) is 0. The molecular formula is C23H24N2O2. The lowest BCUT2D eigenvalue weighted by Crippen LogP contribution is -2.31. The van der Waals surface area contributed by atoms with Crippen molar-refractivity contribution >= 4 is 5.91 Å². The lowest BCUT2D eigenvalue weighted by molar-refractivity contribution is 0.0772. The molecule has 0 N–H and O–H groups in total. The van der Waals surface area contributed by atoms with Crippen molar-refractivity contribution < 1.29 is 9.53 Å². The predicted molar refractivity (Wildman–Crippen MR) is 108 cm³/mol. The van der Waals surface area contributed by atoms with Crippen LogP contribution in [0.1, 0.15) is 21.6 Å². The summed E-state index contributed by atoms with van der Waals surface area (Å²) in [6.45, 7) is 4.86. The van der Waals surface area contributed by atoms with Gasteiger partial charge in [0.2, 0.25) is 0 Å². The molecule has 1 aromatic heterocycles. The number of aromatic nitrogens is 1. The van der Waals surface area contributed by atoms with Crippen molar-refractivity contribution in [1.29, 1.82) is 0 Å². The van der Waals surface area contributed by atoms with Crippen LogP contribution in [0, 0.1) is 13.8 Å². The van der Waals surface area contributed by atoms with E-state index < -0.39 is 0 Å². The molecule has 0 aliphatic carbocycles. The Morgan fingerprint density at radius 1 is 0.963 bits per heavy atom. The van der Waals surface area contributed by atoms with E-state index in [-0.39, 0.29) is 5.91 Å². The minimum absolute atomic E-state index is 0.0490. The van der Waals surface area contributed by atoms with Gasteiger partial charge in [0.05, 0.1) is 23.5 Å². The van der Waals surface area contributed by atoms with Gasteiger partial charge in [-0.3, -0.25) is 9.78 Å². The Balaban J connectivity index is 1.61. The summed E-state index contributed by atoms with van der Waals surface area (Å²) >= 11 is 0. The Labute approximate surface area is 160 Å². The third kappa shape index (κ3) is 4.73. The zero-order chi connectivity index (χ0) is 19.2. The fourth-order valence-corrected chi connectivity index (χ4v) is 2.80. The van der Waals surface area contributed by atoms with Gasteiger partial charge in [-0.15, -0.1) is 0 Å². The zero-order valence-corrected chi connectivity index (χ0v) is 16.0. The van der Waals surface area contributed by atoms with E-state index in [1.807, 2.05) is 80.6 Å². The molecule has 1 heterocycles. The maximum Gasteiger partial charge on any atom is 0.255 e. The van der Waals surface area contributed by atoms with Crippen LogP contribution in [-0.4, -0.2) is 36.0 Å². The Morgan fingerprint density at radius 2 is 1.67 bits per heavy atom. The molecule has 138 valence electrons. The van der Waals surface area contributed by atoms with Gasteiger partial charge in [0, 0.05) is 12.6 Å². The van der Waals surface area contributed by atoms with Gasteiger partial charge in [-0.1, -0.05) is 48.0 Å². The average molecular weight is 360 g/mol. The second-order valence-corrected chi connectivity index (χ2v) is 6.58. The molecule has 2 aromatic carbocycles. The normalized spacial score (nSPS) is 10.5. The molecule has 0 fully saturated rings. The highest BCUT2D eigenvalue weighted by atomic mass is 16.5. The van der Waals surface area contributed by atoms with Gasteiger partial charge in [-0.05, 0) is 38.1 Å². The number of hydrogen-bond acceptors (Lipinski definition) is 3. The molecular weight excluding hydrogens is 336 g/mol. The summed E-state index contributed by atoms with van der Waals surface area (Å²) < 4.78 is 5.72. The van der Waals surface area contributed by atoms with Crippen molar-refractivity contribution in [2.45, 2.75) is 13.8 Å². The van der Waals surface area contributed by atoms with Crippen molar-refractivity contribution in [3.63, 3.8) is 0 Å². The van der Waals surface area contributed by atoms with E-state index in [4.69, 9.17) is 4.74 Å². The summed E-state index contributed by atoms with van der Waals surface area (Å²) in [7, 11) is 1.78. The maximum atomic E-state index is 12.7. The van der Waals surface area contributed by atoms with Gasteiger partial charge in [0.25, 0.3) is 5.91 Å². The number of pyridine rings is 1. The fraction of sp³-hybridized carbons (Fsp3) is 0.217. The first kappa shape index (κ1) is 18.6. The molecule has 1 amide bonds. The van der Waals surface area contributed by atoms with Crippen LogP contribution < -0.4 is 4.74 Å². The predicted octanol–water partition coefficient (Wildman–Crippen LogP) is 4.52. The zero-order valence-electron chi connectivity index (χ0n) is 16.0. The molecule has 0 atom stereocenters. The van der Waals surface area contributed by atoms with E-state index in [0.717, 1.165) is 22.7 Å². The van der Waals surface area contributed by atoms with Crippen molar-refractivity contribution in [3.8, 4) is 17.0 Å². The van der Waals surface area contributed by atoms with Crippen LogP contribution in [-0.2, 0) is 0 Å². The van der Waals surface area contributed by atoms with E-state index in [1.54, 1.807) is 11.9 Å². The fourth-order valence-electron chi connectivity index (χ4n) is 2.80. The van der Waals surface area contributed by atoms with Crippen LogP contribution in [0.4, 0.5) is 0 Å². The minimum Gasteiger partial charge on any atom is -0.492 e. The molecule has 0 saturated carbocycles. The largest absolute Gasteiger partial charge is 0.492 e. The molecule has 27 heavy (non-hydrogen) atoms. The molecule has 4 heteroatoms. The summed E-state index contributed by atoms with van der Waals surface area (Å²) in [6.07, 6.45) is 0. The first-order valence-electron chi connectivity index (χ1n) is 9.02. The van der Waals surface area contributed by atoms with Crippen molar-refractivity contribution in [2.75, 3.05) is 20.2 Å². The lowest BCUT2D eigenvalue weighted by atomic mass is 10.1.